The molecular weight excluding hydrogens is 172 g/mol. The highest BCUT2D eigenvalue weighted by Gasteiger charge is 2.38. The lowest BCUT2D eigenvalue weighted by atomic mass is 9.79. The number of nitrogens with zero attached hydrogens (tertiary/aromatic N) is 1. The lowest BCUT2D eigenvalue weighted by Crippen LogP contribution is -2.32. The van der Waals surface area contributed by atoms with E-state index >= 15 is 0 Å². The molecule has 2 heteroatoms. The van der Waals surface area contributed by atoms with E-state index in [4.69, 9.17) is 5.73 Å². The Bertz CT molecular complexity index is 212. The third-order valence-electron chi connectivity index (χ3n) is 4.38. The summed E-state index contributed by atoms with van der Waals surface area (Å²) >= 11 is 0. The van der Waals surface area contributed by atoms with Crippen LogP contribution >= 0.6 is 0 Å². The predicted molar refractivity (Wildman–Crippen MR) is 58.0 cm³/mol. The molecular formula is C12H22N2. The highest BCUT2D eigenvalue weighted by Crippen LogP contribution is 2.38. The molecule has 0 spiro atoms. The van der Waals surface area contributed by atoms with E-state index in [1.807, 2.05) is 0 Å². The fourth-order valence-corrected chi connectivity index (χ4v) is 3.38. The van der Waals surface area contributed by atoms with E-state index in [9.17, 15) is 0 Å². The van der Waals surface area contributed by atoms with Gasteiger partial charge < -0.3 is 10.6 Å². The molecule has 3 unspecified atom stereocenters. The third-order valence-corrected chi connectivity index (χ3v) is 4.38. The number of hydrogen-bond acceptors (Lipinski definition) is 2. The summed E-state index contributed by atoms with van der Waals surface area (Å²) < 4.78 is 0. The van der Waals surface area contributed by atoms with Gasteiger partial charge in [0.05, 0.1) is 0 Å². The number of likely N-dealkylation sites (tertiary alicyclic amines) is 1. The highest BCUT2D eigenvalue weighted by atomic mass is 15.2. The summed E-state index contributed by atoms with van der Waals surface area (Å²) in [7, 11) is 0. The monoisotopic (exact) mass is 194 g/mol. The van der Waals surface area contributed by atoms with Crippen molar-refractivity contribution >= 4 is 0 Å². The average molecular weight is 194 g/mol. The van der Waals surface area contributed by atoms with Gasteiger partial charge in [-0.15, -0.1) is 0 Å². The molecule has 3 atom stereocenters. The second-order valence-electron chi connectivity index (χ2n) is 5.76. The minimum Gasteiger partial charge on any atom is -0.328 e. The zero-order valence-corrected chi connectivity index (χ0v) is 8.99. The number of rotatable bonds is 2. The van der Waals surface area contributed by atoms with Gasteiger partial charge >= 0.3 is 0 Å². The molecule has 1 saturated heterocycles. The second kappa shape index (κ2) is 3.49. The van der Waals surface area contributed by atoms with Crippen LogP contribution in [0.25, 0.3) is 0 Å². The molecule has 14 heavy (non-hydrogen) atoms. The molecule has 1 aliphatic heterocycles. The van der Waals surface area contributed by atoms with Crippen LogP contribution < -0.4 is 5.73 Å². The maximum absolute atomic E-state index is 6.03. The Kier molecular flexibility index (Phi) is 2.29. The topological polar surface area (TPSA) is 29.3 Å². The summed E-state index contributed by atoms with van der Waals surface area (Å²) in [6.07, 6.45) is 6.95. The average Bonchev–Trinajstić information content (AvgIpc) is 2.84. The maximum atomic E-state index is 6.03. The van der Waals surface area contributed by atoms with Gasteiger partial charge in [-0.3, -0.25) is 0 Å². The first kappa shape index (κ1) is 9.17. The molecule has 0 aromatic heterocycles. The van der Waals surface area contributed by atoms with Crippen molar-refractivity contribution in [2.45, 2.75) is 38.1 Å². The summed E-state index contributed by atoms with van der Waals surface area (Å²) in [6, 6.07) is 0.511. The van der Waals surface area contributed by atoms with Gasteiger partial charge in [-0.2, -0.15) is 0 Å². The third kappa shape index (κ3) is 1.82. The SMILES string of the molecule is NC1CCC2CN(CC3CC3)CC2C1. The smallest absolute Gasteiger partial charge is 0.00421 e. The van der Waals surface area contributed by atoms with Gasteiger partial charge in [-0.1, -0.05) is 0 Å². The van der Waals surface area contributed by atoms with E-state index in [1.54, 1.807) is 0 Å². The normalized spacial score (nSPS) is 43.9. The maximum Gasteiger partial charge on any atom is 0.00421 e. The van der Waals surface area contributed by atoms with E-state index in [2.05, 4.69) is 4.90 Å². The van der Waals surface area contributed by atoms with Gasteiger partial charge in [0.15, 0.2) is 0 Å². The number of hydrogen-bond donors (Lipinski definition) is 1. The van der Waals surface area contributed by atoms with E-state index in [-0.39, 0.29) is 0 Å². The Balaban J connectivity index is 1.55. The lowest BCUT2D eigenvalue weighted by molar-refractivity contribution is 0.271. The molecule has 0 radical (unpaired) electrons. The van der Waals surface area contributed by atoms with Crippen LogP contribution in [0.2, 0.25) is 0 Å². The zero-order valence-electron chi connectivity index (χ0n) is 8.99. The van der Waals surface area contributed by atoms with Crippen molar-refractivity contribution in [3.8, 4) is 0 Å². The van der Waals surface area contributed by atoms with Crippen molar-refractivity contribution in [2.75, 3.05) is 19.6 Å². The van der Waals surface area contributed by atoms with Crippen LogP contribution in [0.3, 0.4) is 0 Å². The minimum absolute atomic E-state index is 0.511. The molecule has 3 rings (SSSR count). The highest BCUT2D eigenvalue weighted by molar-refractivity contribution is 4.92. The van der Waals surface area contributed by atoms with Gasteiger partial charge in [-0.05, 0) is 49.9 Å². The van der Waals surface area contributed by atoms with Crippen molar-refractivity contribution in [1.82, 2.24) is 4.90 Å². The Hall–Kier alpha value is -0.0800. The standard InChI is InChI=1S/C12H22N2/c13-12-4-3-10-7-14(6-9-1-2-9)8-11(10)5-12/h9-12H,1-8,13H2. The largest absolute Gasteiger partial charge is 0.328 e. The van der Waals surface area contributed by atoms with Gasteiger partial charge in [0.25, 0.3) is 0 Å². The Morgan fingerprint density at radius 3 is 2.57 bits per heavy atom. The van der Waals surface area contributed by atoms with Crippen LogP contribution in [0, 0.1) is 17.8 Å². The molecule has 1 heterocycles. The molecule has 0 aromatic carbocycles. The van der Waals surface area contributed by atoms with Crippen molar-refractivity contribution in [3.05, 3.63) is 0 Å². The fraction of sp³-hybridized carbons (Fsp3) is 1.00. The molecule has 0 amide bonds. The predicted octanol–water partition coefficient (Wildman–Crippen LogP) is 1.46. The van der Waals surface area contributed by atoms with Gasteiger partial charge in [0.1, 0.15) is 0 Å². The molecule has 80 valence electrons. The molecule has 2 aliphatic carbocycles. The first-order valence-electron chi connectivity index (χ1n) is 6.29. The number of nitrogens with two attached hydrogens (primary N) is 1. The van der Waals surface area contributed by atoms with E-state index in [0.717, 1.165) is 17.8 Å². The Morgan fingerprint density at radius 2 is 1.79 bits per heavy atom. The second-order valence-corrected chi connectivity index (χ2v) is 5.76. The fourth-order valence-electron chi connectivity index (χ4n) is 3.38. The van der Waals surface area contributed by atoms with Crippen LogP contribution in [-0.4, -0.2) is 30.6 Å². The molecule has 3 aliphatic rings. The summed E-state index contributed by atoms with van der Waals surface area (Å²) in [5.74, 6) is 3.00. The summed E-state index contributed by atoms with van der Waals surface area (Å²) in [6.45, 7) is 4.13. The summed E-state index contributed by atoms with van der Waals surface area (Å²) in [5.41, 5.74) is 6.03. The number of fused-ring (bicyclic) bond motifs is 1. The van der Waals surface area contributed by atoms with Crippen molar-refractivity contribution in [1.29, 1.82) is 0 Å². The summed E-state index contributed by atoms with van der Waals surface area (Å²) in [5, 5.41) is 0. The lowest BCUT2D eigenvalue weighted by Gasteiger charge is -2.28. The van der Waals surface area contributed by atoms with Crippen LogP contribution in [0.15, 0.2) is 0 Å². The molecule has 3 fully saturated rings. The Labute approximate surface area is 86.8 Å². The van der Waals surface area contributed by atoms with Gasteiger partial charge in [0.2, 0.25) is 0 Å². The zero-order chi connectivity index (χ0) is 9.54. The van der Waals surface area contributed by atoms with Crippen LogP contribution in [-0.2, 0) is 0 Å². The molecule has 2 saturated carbocycles. The summed E-state index contributed by atoms with van der Waals surface area (Å²) in [4.78, 5) is 2.71. The van der Waals surface area contributed by atoms with Crippen LogP contribution in [0.5, 0.6) is 0 Å². The van der Waals surface area contributed by atoms with Gasteiger partial charge in [0, 0.05) is 25.7 Å². The molecule has 0 bridgehead atoms. The van der Waals surface area contributed by atoms with E-state index < -0.39 is 0 Å². The van der Waals surface area contributed by atoms with Gasteiger partial charge in [-0.25, -0.2) is 0 Å². The Morgan fingerprint density at radius 1 is 1.00 bits per heavy atom. The van der Waals surface area contributed by atoms with E-state index in [1.165, 1.54) is 51.7 Å². The van der Waals surface area contributed by atoms with Crippen molar-refractivity contribution in [3.63, 3.8) is 0 Å². The molecule has 0 aromatic rings. The van der Waals surface area contributed by atoms with Crippen molar-refractivity contribution in [2.24, 2.45) is 23.5 Å². The quantitative estimate of drug-likeness (QED) is 0.721. The first-order chi connectivity index (χ1) is 6.81. The molecule has 2 N–H and O–H groups in total. The van der Waals surface area contributed by atoms with Crippen LogP contribution in [0.4, 0.5) is 0 Å². The first-order valence-corrected chi connectivity index (χ1v) is 6.29. The van der Waals surface area contributed by atoms with Crippen molar-refractivity contribution < 1.29 is 0 Å². The van der Waals surface area contributed by atoms with Crippen LogP contribution in [0.1, 0.15) is 32.1 Å². The van der Waals surface area contributed by atoms with E-state index in [0.29, 0.717) is 6.04 Å². The minimum atomic E-state index is 0.511. The molecule has 2 nitrogen and oxygen atoms in total.